The number of amides is 1. The molecular formula is C23H25Cl2NO5. The van der Waals surface area contributed by atoms with E-state index >= 15 is 0 Å². The Labute approximate surface area is 191 Å². The SMILES string of the molecule is COc1cc(CN2C(=O)C3(OCCO3)c3ccc(Cl)c(Cl)c32)ccc1OCCC(C)C. The molecule has 0 radical (unpaired) electrons. The topological polar surface area (TPSA) is 57.2 Å². The summed E-state index contributed by atoms with van der Waals surface area (Å²) >= 11 is 12.8. The van der Waals surface area contributed by atoms with Crippen LogP contribution in [0.25, 0.3) is 0 Å². The zero-order valence-corrected chi connectivity index (χ0v) is 19.3. The van der Waals surface area contributed by atoms with Gasteiger partial charge in [-0.05, 0) is 42.2 Å². The van der Waals surface area contributed by atoms with E-state index in [1.807, 2.05) is 18.2 Å². The average Bonchev–Trinajstić information content (AvgIpc) is 3.32. The van der Waals surface area contributed by atoms with Crippen LogP contribution in [0, 0.1) is 5.92 Å². The Morgan fingerprint density at radius 3 is 2.55 bits per heavy atom. The molecule has 0 bridgehead atoms. The predicted molar refractivity (Wildman–Crippen MR) is 119 cm³/mol. The number of hydrogen-bond acceptors (Lipinski definition) is 5. The van der Waals surface area contributed by atoms with Crippen LogP contribution in [0.15, 0.2) is 30.3 Å². The van der Waals surface area contributed by atoms with Gasteiger partial charge in [0.15, 0.2) is 11.5 Å². The third-order valence-corrected chi connectivity index (χ3v) is 6.23. The van der Waals surface area contributed by atoms with Crippen LogP contribution < -0.4 is 14.4 Å². The van der Waals surface area contributed by atoms with Gasteiger partial charge < -0.3 is 23.8 Å². The third-order valence-electron chi connectivity index (χ3n) is 5.44. The van der Waals surface area contributed by atoms with Crippen molar-refractivity contribution >= 4 is 34.8 Å². The molecule has 2 aliphatic heterocycles. The van der Waals surface area contributed by atoms with E-state index in [0.29, 0.717) is 58.5 Å². The Morgan fingerprint density at radius 2 is 1.87 bits per heavy atom. The minimum absolute atomic E-state index is 0.253. The first-order chi connectivity index (χ1) is 14.9. The van der Waals surface area contributed by atoms with Crippen molar-refractivity contribution in [1.29, 1.82) is 0 Å². The van der Waals surface area contributed by atoms with E-state index in [1.54, 1.807) is 24.1 Å². The predicted octanol–water partition coefficient (Wildman–Crippen LogP) is 5.17. The normalized spacial score (nSPS) is 17.0. The van der Waals surface area contributed by atoms with Crippen LogP contribution >= 0.6 is 23.2 Å². The molecule has 1 saturated heterocycles. The van der Waals surface area contributed by atoms with Gasteiger partial charge in [0.2, 0.25) is 0 Å². The number of benzene rings is 2. The molecule has 0 aromatic heterocycles. The van der Waals surface area contributed by atoms with Gasteiger partial charge in [0.25, 0.3) is 11.7 Å². The molecule has 0 atom stereocenters. The summed E-state index contributed by atoms with van der Waals surface area (Å²) in [6.45, 7) is 5.82. The Balaban J connectivity index is 1.64. The summed E-state index contributed by atoms with van der Waals surface area (Å²) in [4.78, 5) is 15.0. The van der Waals surface area contributed by atoms with Crippen LogP contribution in [0.3, 0.4) is 0 Å². The Bertz CT molecular complexity index is 988. The molecule has 1 fully saturated rings. The molecule has 1 amide bonds. The van der Waals surface area contributed by atoms with Crippen molar-refractivity contribution in [2.75, 3.05) is 31.8 Å². The number of methoxy groups -OCH3 is 1. The van der Waals surface area contributed by atoms with Gasteiger partial charge in [-0.15, -0.1) is 0 Å². The zero-order chi connectivity index (χ0) is 22.2. The first-order valence-electron chi connectivity index (χ1n) is 10.3. The van der Waals surface area contributed by atoms with E-state index < -0.39 is 5.79 Å². The minimum Gasteiger partial charge on any atom is -0.493 e. The molecule has 1 spiro atoms. The summed E-state index contributed by atoms with van der Waals surface area (Å²) in [5, 5.41) is 0.656. The molecule has 4 rings (SSSR count). The number of carbonyl (C=O) groups excluding carboxylic acids is 1. The van der Waals surface area contributed by atoms with Crippen molar-refractivity contribution < 1.29 is 23.7 Å². The molecule has 166 valence electrons. The lowest BCUT2D eigenvalue weighted by Gasteiger charge is -2.22. The van der Waals surface area contributed by atoms with Crippen LogP contribution in [0.2, 0.25) is 10.0 Å². The molecule has 0 aliphatic carbocycles. The van der Waals surface area contributed by atoms with Crippen molar-refractivity contribution in [2.24, 2.45) is 5.92 Å². The monoisotopic (exact) mass is 465 g/mol. The van der Waals surface area contributed by atoms with Crippen LogP contribution in [0.4, 0.5) is 5.69 Å². The molecular weight excluding hydrogens is 441 g/mol. The number of rotatable bonds is 7. The number of nitrogens with zero attached hydrogens (tertiary/aromatic N) is 1. The van der Waals surface area contributed by atoms with Gasteiger partial charge in [-0.3, -0.25) is 4.79 Å². The smallest absolute Gasteiger partial charge is 0.292 e. The summed E-state index contributed by atoms with van der Waals surface area (Å²) in [5.74, 6) is 0.0392. The lowest BCUT2D eigenvalue weighted by atomic mass is 10.1. The Kier molecular flexibility index (Phi) is 6.35. The molecule has 2 heterocycles. The highest BCUT2D eigenvalue weighted by Crippen LogP contribution is 2.51. The number of ether oxygens (including phenoxy) is 4. The second-order valence-corrected chi connectivity index (χ2v) is 8.76. The number of anilines is 1. The number of carbonyl (C=O) groups is 1. The highest BCUT2D eigenvalue weighted by Gasteiger charge is 2.56. The summed E-state index contributed by atoms with van der Waals surface area (Å²) in [6.07, 6.45) is 0.950. The Hall–Kier alpha value is -1.99. The summed E-state index contributed by atoms with van der Waals surface area (Å²) < 4.78 is 22.9. The molecule has 0 saturated carbocycles. The second kappa shape index (κ2) is 8.87. The van der Waals surface area contributed by atoms with E-state index in [2.05, 4.69) is 13.8 Å². The lowest BCUT2D eigenvalue weighted by Crippen LogP contribution is -2.40. The molecule has 2 aliphatic rings. The zero-order valence-electron chi connectivity index (χ0n) is 17.7. The van der Waals surface area contributed by atoms with E-state index in [-0.39, 0.29) is 12.5 Å². The van der Waals surface area contributed by atoms with Gasteiger partial charge in [0.1, 0.15) is 0 Å². The van der Waals surface area contributed by atoms with Gasteiger partial charge in [-0.25, -0.2) is 0 Å². The van der Waals surface area contributed by atoms with Crippen LogP contribution in [0.1, 0.15) is 31.4 Å². The highest BCUT2D eigenvalue weighted by atomic mass is 35.5. The number of hydrogen-bond donors (Lipinski definition) is 0. The van der Waals surface area contributed by atoms with Crippen LogP contribution in [0.5, 0.6) is 11.5 Å². The standard InChI is InChI=1S/C23H25Cl2NO5/c1-14(2)8-9-29-18-7-4-15(12-19(18)28-3)13-26-21-16(5-6-17(24)20(21)25)23(22(26)27)30-10-11-31-23/h4-7,12,14H,8-11,13H2,1-3H3. The first-order valence-corrected chi connectivity index (χ1v) is 11.0. The van der Waals surface area contributed by atoms with Gasteiger partial charge >= 0.3 is 0 Å². The maximum atomic E-state index is 13.4. The highest BCUT2D eigenvalue weighted by molar-refractivity contribution is 6.44. The fourth-order valence-corrected chi connectivity index (χ4v) is 4.24. The molecule has 8 heteroatoms. The largest absolute Gasteiger partial charge is 0.493 e. The molecule has 0 unspecified atom stereocenters. The lowest BCUT2D eigenvalue weighted by molar-refractivity contribution is -0.180. The molecule has 2 aromatic rings. The minimum atomic E-state index is -1.46. The maximum absolute atomic E-state index is 13.4. The molecule has 31 heavy (non-hydrogen) atoms. The van der Waals surface area contributed by atoms with Gasteiger partial charge in [-0.2, -0.15) is 0 Å². The molecule has 0 N–H and O–H groups in total. The molecule has 6 nitrogen and oxygen atoms in total. The average molecular weight is 466 g/mol. The third kappa shape index (κ3) is 3.98. The second-order valence-electron chi connectivity index (χ2n) is 7.98. The number of halogens is 2. The maximum Gasteiger partial charge on any atom is 0.292 e. The van der Waals surface area contributed by atoms with Crippen molar-refractivity contribution in [3.05, 3.63) is 51.5 Å². The summed E-state index contributed by atoms with van der Waals surface area (Å²) in [5.41, 5.74) is 1.93. The molecule has 2 aromatic carbocycles. The summed E-state index contributed by atoms with van der Waals surface area (Å²) in [7, 11) is 1.59. The summed E-state index contributed by atoms with van der Waals surface area (Å²) in [6, 6.07) is 9.00. The first kappa shape index (κ1) is 22.2. The van der Waals surface area contributed by atoms with Crippen molar-refractivity contribution in [1.82, 2.24) is 0 Å². The fraction of sp³-hybridized carbons (Fsp3) is 0.435. The van der Waals surface area contributed by atoms with Crippen LogP contribution in [-0.4, -0.2) is 32.8 Å². The fourth-order valence-electron chi connectivity index (χ4n) is 3.82. The van der Waals surface area contributed by atoms with Gasteiger partial charge in [0, 0.05) is 5.56 Å². The van der Waals surface area contributed by atoms with Gasteiger partial charge in [-0.1, -0.05) is 43.1 Å². The van der Waals surface area contributed by atoms with E-state index in [9.17, 15) is 4.79 Å². The Morgan fingerprint density at radius 1 is 1.13 bits per heavy atom. The van der Waals surface area contributed by atoms with E-state index in [1.165, 1.54) is 0 Å². The van der Waals surface area contributed by atoms with E-state index in [4.69, 9.17) is 42.1 Å². The van der Waals surface area contributed by atoms with Gasteiger partial charge in [0.05, 0.1) is 49.2 Å². The van der Waals surface area contributed by atoms with E-state index in [0.717, 1.165) is 12.0 Å². The van der Waals surface area contributed by atoms with Crippen LogP contribution in [-0.2, 0) is 26.6 Å². The number of fused-ring (bicyclic) bond motifs is 2. The van der Waals surface area contributed by atoms with Crippen molar-refractivity contribution in [2.45, 2.75) is 32.6 Å². The van der Waals surface area contributed by atoms with Crippen molar-refractivity contribution in [3.63, 3.8) is 0 Å². The quantitative estimate of drug-likeness (QED) is 0.564. The van der Waals surface area contributed by atoms with Crippen molar-refractivity contribution in [3.8, 4) is 11.5 Å².